The molecular formula is C12H17BrN2O2. The minimum absolute atomic E-state index is 0.103. The summed E-state index contributed by atoms with van der Waals surface area (Å²) in [6.45, 7) is 4.30. The molecule has 0 aromatic heterocycles. The predicted molar refractivity (Wildman–Crippen MR) is 71.6 cm³/mol. The molecular weight excluding hydrogens is 284 g/mol. The van der Waals surface area contributed by atoms with Crippen molar-refractivity contribution in [2.75, 3.05) is 26.7 Å². The van der Waals surface area contributed by atoms with E-state index in [9.17, 15) is 4.79 Å². The van der Waals surface area contributed by atoms with Crippen LogP contribution in [0.2, 0.25) is 0 Å². The molecule has 0 saturated carbocycles. The average molecular weight is 301 g/mol. The Labute approximate surface area is 110 Å². The molecule has 1 aromatic rings. The number of hydrogen-bond acceptors (Lipinski definition) is 3. The molecule has 94 valence electrons. The van der Waals surface area contributed by atoms with Gasteiger partial charge in [-0.1, -0.05) is 6.92 Å². The molecule has 1 aromatic carbocycles. The SMILES string of the molecule is CCNCCNC(=O)c1cc(OC)ccc1Br. The van der Waals surface area contributed by atoms with Gasteiger partial charge in [0.05, 0.1) is 12.7 Å². The molecule has 0 atom stereocenters. The lowest BCUT2D eigenvalue weighted by molar-refractivity contribution is 0.0953. The van der Waals surface area contributed by atoms with Gasteiger partial charge in [-0.05, 0) is 40.7 Å². The second-order valence-electron chi connectivity index (χ2n) is 3.46. The van der Waals surface area contributed by atoms with Gasteiger partial charge in [0, 0.05) is 17.6 Å². The molecule has 0 saturated heterocycles. The van der Waals surface area contributed by atoms with Crippen molar-refractivity contribution in [3.8, 4) is 5.75 Å². The summed E-state index contributed by atoms with van der Waals surface area (Å²) >= 11 is 3.35. The van der Waals surface area contributed by atoms with Crippen LogP contribution in [0.5, 0.6) is 5.75 Å². The first-order valence-corrected chi connectivity index (χ1v) is 6.30. The number of methoxy groups -OCH3 is 1. The molecule has 0 fully saturated rings. The van der Waals surface area contributed by atoms with Crippen molar-refractivity contribution in [3.05, 3.63) is 28.2 Å². The summed E-state index contributed by atoms with van der Waals surface area (Å²) in [5, 5.41) is 5.98. The number of halogens is 1. The number of nitrogens with one attached hydrogen (secondary N) is 2. The third kappa shape index (κ3) is 4.36. The van der Waals surface area contributed by atoms with Crippen LogP contribution in [0.4, 0.5) is 0 Å². The number of amides is 1. The molecule has 0 aliphatic rings. The number of rotatable bonds is 6. The third-order valence-corrected chi connectivity index (χ3v) is 2.95. The quantitative estimate of drug-likeness (QED) is 0.788. The first-order chi connectivity index (χ1) is 8.19. The minimum Gasteiger partial charge on any atom is -0.497 e. The van der Waals surface area contributed by atoms with Crippen molar-refractivity contribution in [3.63, 3.8) is 0 Å². The van der Waals surface area contributed by atoms with Crippen LogP contribution >= 0.6 is 15.9 Å². The highest BCUT2D eigenvalue weighted by atomic mass is 79.9. The molecule has 5 heteroatoms. The van der Waals surface area contributed by atoms with Crippen LogP contribution < -0.4 is 15.4 Å². The molecule has 0 spiro atoms. The zero-order valence-corrected chi connectivity index (χ0v) is 11.6. The van der Waals surface area contributed by atoms with Crippen molar-refractivity contribution in [2.45, 2.75) is 6.92 Å². The molecule has 0 unspecified atom stereocenters. The fourth-order valence-electron chi connectivity index (χ4n) is 1.34. The molecule has 0 aliphatic heterocycles. The number of carbonyl (C=O) groups excluding carboxylic acids is 1. The molecule has 0 radical (unpaired) electrons. The van der Waals surface area contributed by atoms with Gasteiger partial charge in [-0.25, -0.2) is 0 Å². The summed E-state index contributed by atoms with van der Waals surface area (Å²) in [7, 11) is 1.58. The normalized spacial score (nSPS) is 10.1. The Hall–Kier alpha value is -1.07. The Morgan fingerprint density at radius 3 is 2.82 bits per heavy atom. The minimum atomic E-state index is -0.103. The summed E-state index contributed by atoms with van der Waals surface area (Å²) in [6.07, 6.45) is 0. The van der Waals surface area contributed by atoms with E-state index >= 15 is 0 Å². The van der Waals surface area contributed by atoms with E-state index in [1.165, 1.54) is 0 Å². The first-order valence-electron chi connectivity index (χ1n) is 5.51. The van der Waals surface area contributed by atoms with E-state index in [4.69, 9.17) is 4.74 Å². The molecule has 0 heterocycles. The number of hydrogen-bond donors (Lipinski definition) is 2. The van der Waals surface area contributed by atoms with Crippen LogP contribution in [-0.4, -0.2) is 32.7 Å². The Balaban J connectivity index is 2.61. The summed E-state index contributed by atoms with van der Waals surface area (Å²) in [4.78, 5) is 11.9. The van der Waals surface area contributed by atoms with Gasteiger partial charge < -0.3 is 15.4 Å². The molecule has 0 bridgehead atoms. The summed E-state index contributed by atoms with van der Waals surface area (Å²) < 4.78 is 5.85. The standard InChI is InChI=1S/C12H17BrN2O2/c1-3-14-6-7-15-12(16)10-8-9(17-2)4-5-11(10)13/h4-5,8,14H,3,6-7H2,1-2H3,(H,15,16). The Morgan fingerprint density at radius 2 is 2.18 bits per heavy atom. The second-order valence-corrected chi connectivity index (χ2v) is 4.31. The third-order valence-electron chi connectivity index (χ3n) is 2.26. The summed E-state index contributed by atoms with van der Waals surface area (Å²) in [5.41, 5.74) is 0.584. The Bertz CT molecular complexity index is 383. The fourth-order valence-corrected chi connectivity index (χ4v) is 1.77. The zero-order valence-electron chi connectivity index (χ0n) is 10.0. The maximum atomic E-state index is 11.9. The molecule has 2 N–H and O–H groups in total. The van der Waals surface area contributed by atoms with E-state index in [1.54, 1.807) is 25.3 Å². The van der Waals surface area contributed by atoms with Gasteiger partial charge in [-0.15, -0.1) is 0 Å². The van der Waals surface area contributed by atoms with Gasteiger partial charge in [0.25, 0.3) is 5.91 Å². The van der Waals surface area contributed by atoms with E-state index in [2.05, 4.69) is 26.6 Å². The first kappa shape index (κ1) is 14.0. The summed E-state index contributed by atoms with van der Waals surface area (Å²) in [5.74, 6) is 0.568. The van der Waals surface area contributed by atoms with E-state index < -0.39 is 0 Å². The van der Waals surface area contributed by atoms with Gasteiger partial charge in [0.2, 0.25) is 0 Å². The highest BCUT2D eigenvalue weighted by Crippen LogP contribution is 2.22. The Kier molecular flexibility index (Phi) is 6.00. The number of benzene rings is 1. The van der Waals surface area contributed by atoms with Crippen molar-refractivity contribution >= 4 is 21.8 Å². The zero-order chi connectivity index (χ0) is 12.7. The van der Waals surface area contributed by atoms with Crippen LogP contribution in [0.15, 0.2) is 22.7 Å². The van der Waals surface area contributed by atoms with E-state index in [0.717, 1.165) is 17.6 Å². The van der Waals surface area contributed by atoms with Crippen LogP contribution in [0.3, 0.4) is 0 Å². The van der Waals surface area contributed by atoms with Gasteiger partial charge >= 0.3 is 0 Å². The fraction of sp³-hybridized carbons (Fsp3) is 0.417. The van der Waals surface area contributed by atoms with Gasteiger partial charge in [-0.2, -0.15) is 0 Å². The van der Waals surface area contributed by atoms with E-state index in [1.807, 2.05) is 6.92 Å². The number of carbonyl (C=O) groups is 1. The monoisotopic (exact) mass is 300 g/mol. The topological polar surface area (TPSA) is 50.4 Å². The number of ether oxygens (including phenoxy) is 1. The maximum Gasteiger partial charge on any atom is 0.252 e. The van der Waals surface area contributed by atoms with Gasteiger partial charge in [0.15, 0.2) is 0 Å². The van der Waals surface area contributed by atoms with Crippen LogP contribution in [0.25, 0.3) is 0 Å². The van der Waals surface area contributed by atoms with Gasteiger partial charge in [-0.3, -0.25) is 4.79 Å². The lowest BCUT2D eigenvalue weighted by Crippen LogP contribution is -2.31. The lowest BCUT2D eigenvalue weighted by Gasteiger charge is -2.08. The van der Waals surface area contributed by atoms with Crippen LogP contribution in [-0.2, 0) is 0 Å². The van der Waals surface area contributed by atoms with Crippen molar-refractivity contribution < 1.29 is 9.53 Å². The van der Waals surface area contributed by atoms with Crippen LogP contribution in [0, 0.1) is 0 Å². The van der Waals surface area contributed by atoms with Crippen molar-refractivity contribution in [1.82, 2.24) is 10.6 Å². The Morgan fingerprint density at radius 1 is 1.41 bits per heavy atom. The van der Waals surface area contributed by atoms with Crippen molar-refractivity contribution in [1.29, 1.82) is 0 Å². The smallest absolute Gasteiger partial charge is 0.252 e. The maximum absolute atomic E-state index is 11.9. The highest BCUT2D eigenvalue weighted by molar-refractivity contribution is 9.10. The van der Waals surface area contributed by atoms with Crippen LogP contribution in [0.1, 0.15) is 17.3 Å². The van der Waals surface area contributed by atoms with Crippen molar-refractivity contribution in [2.24, 2.45) is 0 Å². The molecule has 17 heavy (non-hydrogen) atoms. The average Bonchev–Trinajstić information content (AvgIpc) is 2.35. The molecule has 0 aliphatic carbocycles. The highest BCUT2D eigenvalue weighted by Gasteiger charge is 2.10. The largest absolute Gasteiger partial charge is 0.497 e. The molecule has 1 rings (SSSR count). The second kappa shape index (κ2) is 7.29. The lowest BCUT2D eigenvalue weighted by atomic mass is 10.2. The predicted octanol–water partition coefficient (Wildman–Crippen LogP) is 1.80. The summed E-state index contributed by atoms with van der Waals surface area (Å²) in [6, 6.07) is 5.32. The van der Waals surface area contributed by atoms with E-state index in [-0.39, 0.29) is 5.91 Å². The number of likely N-dealkylation sites (N-methyl/N-ethyl adjacent to an activating group) is 1. The van der Waals surface area contributed by atoms with Gasteiger partial charge in [0.1, 0.15) is 5.75 Å². The van der Waals surface area contributed by atoms with E-state index in [0.29, 0.717) is 17.9 Å². The molecule has 4 nitrogen and oxygen atoms in total. The molecule has 1 amide bonds.